The molecule has 5 heterocycles. The van der Waals surface area contributed by atoms with Crippen molar-refractivity contribution in [2.45, 2.75) is 160 Å². The molecule has 3 aliphatic heterocycles. The number of aryl methyl sites for hydroxylation is 1. The third kappa shape index (κ3) is 9.82. The first-order valence-electron chi connectivity index (χ1n) is 21.7. The van der Waals surface area contributed by atoms with E-state index in [0.29, 0.717) is 32.5 Å². The molecule has 2 aromatic rings. The number of hydrogen-bond donors (Lipinski definition) is 2. The second kappa shape index (κ2) is 19.4. The number of fused-ring (bicyclic) bond motifs is 1. The van der Waals surface area contributed by atoms with Gasteiger partial charge in [-0.25, -0.2) is 29.0 Å². The zero-order chi connectivity index (χ0) is 45.2. The Morgan fingerprint density at radius 2 is 1.82 bits per heavy atom. The Morgan fingerprint density at radius 3 is 2.43 bits per heavy atom. The predicted molar refractivity (Wildman–Crippen MR) is 225 cm³/mol. The lowest BCUT2D eigenvalue weighted by Crippen LogP contribution is -2.64. The maximum Gasteiger partial charge on any atom is 0.425 e. The lowest BCUT2D eigenvalue weighted by molar-refractivity contribution is -0.296. The number of nitrogens with zero attached hydrogens (tertiary/aromatic N) is 6. The van der Waals surface area contributed by atoms with Crippen molar-refractivity contribution in [2.75, 3.05) is 34.3 Å². The Labute approximate surface area is 360 Å². The molecule has 3 N–H and O–H groups in total. The molecule has 0 bridgehead atoms. The van der Waals surface area contributed by atoms with E-state index in [-0.39, 0.29) is 30.9 Å². The molecule has 0 aliphatic carbocycles. The highest BCUT2D eigenvalue weighted by molar-refractivity contribution is 6.07. The van der Waals surface area contributed by atoms with Gasteiger partial charge in [-0.15, -0.1) is 0 Å². The molecule has 3 aliphatic rings. The van der Waals surface area contributed by atoms with Crippen molar-refractivity contribution in [1.29, 1.82) is 0 Å². The summed E-state index contributed by atoms with van der Waals surface area (Å²) in [6, 6.07) is 2.06. The number of alkyl halides is 1. The van der Waals surface area contributed by atoms with E-state index in [1.807, 2.05) is 74.6 Å². The summed E-state index contributed by atoms with van der Waals surface area (Å²) in [6.07, 6.45) is 3.02. The number of carbonyl (C=O) groups excluding carboxylic acids is 3. The number of nitrogens with two attached hydrogens (primary N) is 1. The summed E-state index contributed by atoms with van der Waals surface area (Å²) >= 11 is 0. The fourth-order valence-corrected chi connectivity index (χ4v) is 9.86. The van der Waals surface area contributed by atoms with Gasteiger partial charge >= 0.3 is 12.1 Å². The first kappa shape index (κ1) is 48.5. The second-order valence-corrected chi connectivity index (χ2v) is 18.2. The molecule has 2 aromatic heterocycles. The van der Waals surface area contributed by atoms with Crippen LogP contribution in [0.2, 0.25) is 0 Å². The van der Waals surface area contributed by atoms with Crippen molar-refractivity contribution in [1.82, 2.24) is 29.5 Å². The minimum absolute atomic E-state index is 0.138. The monoisotopic (exact) mass is 860 g/mol. The van der Waals surface area contributed by atoms with Crippen LogP contribution in [-0.4, -0.2) is 152 Å². The molecule has 16 nitrogen and oxygen atoms in total. The minimum atomic E-state index is -3.15. The van der Waals surface area contributed by atoms with Gasteiger partial charge < -0.3 is 44.0 Å². The number of hydrogen-bond acceptors (Lipinski definition) is 14. The fraction of sp³-hybridized carbons (Fsp3) is 0.750. The number of pyridine rings is 1. The molecule has 0 aromatic carbocycles. The van der Waals surface area contributed by atoms with Crippen LogP contribution in [0.1, 0.15) is 88.0 Å². The zero-order valence-corrected chi connectivity index (χ0v) is 38.1. The quantitative estimate of drug-likeness (QED) is 0.223. The summed E-state index contributed by atoms with van der Waals surface area (Å²) < 4.78 is 50.2. The summed E-state index contributed by atoms with van der Waals surface area (Å²) in [5.74, 6) is -4.66. The number of ether oxygens (including phenoxy) is 5. The number of carbonyl (C=O) groups is 3. The number of hydrazine groups is 1. The lowest BCUT2D eigenvalue weighted by atomic mass is 9.72. The molecular formula is C44H70FN7O9. The van der Waals surface area contributed by atoms with Crippen LogP contribution in [-0.2, 0) is 39.8 Å². The van der Waals surface area contributed by atoms with Crippen molar-refractivity contribution in [3.63, 3.8) is 0 Å². The summed E-state index contributed by atoms with van der Waals surface area (Å²) in [7, 11) is 5.17. The van der Waals surface area contributed by atoms with Crippen LogP contribution < -0.4 is 5.73 Å². The molecular weight excluding hydrogens is 790 g/mol. The molecule has 14 atom stereocenters. The summed E-state index contributed by atoms with van der Waals surface area (Å²) in [6.45, 7) is 16.8. The third-order valence-electron chi connectivity index (χ3n) is 13.5. The maximum absolute atomic E-state index is 17.0. The number of aliphatic hydroxyl groups is 1. The molecule has 3 saturated heterocycles. The number of likely N-dealkylation sites (N-methyl/N-ethyl adjacent to an activating group) is 1. The molecule has 17 heteroatoms. The van der Waals surface area contributed by atoms with E-state index >= 15 is 4.39 Å². The number of halogens is 1. The molecule has 1 amide bonds. The fourth-order valence-electron chi connectivity index (χ4n) is 9.86. The predicted octanol–water partition coefficient (Wildman–Crippen LogP) is 4.63. The highest BCUT2D eigenvalue weighted by Gasteiger charge is 2.62. The minimum Gasteiger partial charge on any atom is -0.455 e. The van der Waals surface area contributed by atoms with Crippen molar-refractivity contribution >= 4 is 17.8 Å². The number of aromatic nitrogens is 3. The van der Waals surface area contributed by atoms with Crippen LogP contribution in [0.15, 0.2) is 37.1 Å². The van der Waals surface area contributed by atoms with Gasteiger partial charge in [-0.05, 0) is 91.4 Å². The number of aliphatic hydroxyl groups excluding tert-OH is 1. The van der Waals surface area contributed by atoms with Gasteiger partial charge in [0.15, 0.2) is 17.7 Å². The van der Waals surface area contributed by atoms with Crippen LogP contribution in [0.4, 0.5) is 9.18 Å². The average molecular weight is 860 g/mol. The van der Waals surface area contributed by atoms with Gasteiger partial charge in [0.25, 0.3) is 5.67 Å². The Bertz CT molecular complexity index is 1800. The Morgan fingerprint density at radius 1 is 1.11 bits per heavy atom. The van der Waals surface area contributed by atoms with Crippen LogP contribution in [0.25, 0.3) is 11.3 Å². The maximum atomic E-state index is 17.0. The largest absolute Gasteiger partial charge is 0.455 e. The number of amides is 1. The first-order valence-corrected chi connectivity index (χ1v) is 21.7. The van der Waals surface area contributed by atoms with Crippen molar-refractivity contribution in [3.8, 4) is 11.3 Å². The molecule has 3 fully saturated rings. The third-order valence-corrected chi connectivity index (χ3v) is 13.5. The van der Waals surface area contributed by atoms with Crippen LogP contribution >= 0.6 is 0 Å². The zero-order valence-electron chi connectivity index (χ0n) is 38.1. The topological polar surface area (TPSA) is 184 Å². The highest BCUT2D eigenvalue weighted by atomic mass is 19.1. The normalized spacial score (nSPS) is 38.0. The smallest absolute Gasteiger partial charge is 0.425 e. The van der Waals surface area contributed by atoms with Gasteiger partial charge in [0.2, 0.25) is 0 Å². The van der Waals surface area contributed by atoms with E-state index in [9.17, 15) is 19.5 Å². The highest BCUT2D eigenvalue weighted by Crippen LogP contribution is 2.45. The van der Waals surface area contributed by atoms with Crippen molar-refractivity contribution in [2.24, 2.45) is 23.5 Å². The average Bonchev–Trinajstić information content (AvgIpc) is 3.81. The van der Waals surface area contributed by atoms with E-state index in [0.717, 1.165) is 18.2 Å². The van der Waals surface area contributed by atoms with Gasteiger partial charge in [0.1, 0.15) is 12.2 Å². The van der Waals surface area contributed by atoms with Gasteiger partial charge in [-0.2, -0.15) is 0 Å². The second-order valence-electron chi connectivity index (χ2n) is 18.2. The number of methoxy groups -OCH3 is 1. The molecule has 342 valence electrons. The van der Waals surface area contributed by atoms with E-state index in [1.165, 1.54) is 14.0 Å². The van der Waals surface area contributed by atoms with E-state index in [2.05, 4.69) is 9.97 Å². The Balaban J connectivity index is 1.50. The van der Waals surface area contributed by atoms with E-state index in [4.69, 9.17) is 29.4 Å². The van der Waals surface area contributed by atoms with E-state index in [1.54, 1.807) is 44.5 Å². The van der Waals surface area contributed by atoms with E-state index < -0.39 is 83.2 Å². The number of ketones is 1. The van der Waals surface area contributed by atoms with Crippen LogP contribution in [0, 0.1) is 17.8 Å². The SMILES string of the molecule is CC[C@H]1OC(=O)C(C)(F)C(=O)[C@H](C)[C@@H](O[C@@H]2O[C@H](C)C[C@H](N(C)C)[C@H]2O)[C@@](C)(OC)C[C@@H](C)C(N)[C@H](C)[C@H]2N(N(CC)CCCn3cnc(-c4cccnc4)c3)C(=O)O[C@]12C. The number of cyclic esters (lactones) is 1. The number of imidazole rings is 1. The molecule has 0 spiro atoms. The standard InChI is InChI=1S/C44H70FN7O9/c1-13-33-44(9)36(52(41(56)61-44)51(14-2)20-16-19-50-24-31(48-25-50)30-17-15-18-47-23-30)28(5)34(46)26(3)22-42(7,57-12)38(29(6)37(54)43(8,45)40(55)59-33)60-39-35(53)32(49(10)11)21-27(4)58-39/h15,17-18,23-29,32-36,38-39,53H,13-14,16,19-22,46H2,1-12H3/t26-,27-,28+,29+,32+,33-,34?,35-,36-,38-,39+,42+,43?,44-/m1/s1. The molecule has 61 heavy (non-hydrogen) atoms. The van der Waals surface area contributed by atoms with Crippen LogP contribution in [0.5, 0.6) is 0 Å². The van der Waals surface area contributed by atoms with Crippen molar-refractivity contribution in [3.05, 3.63) is 37.1 Å². The number of esters is 1. The van der Waals surface area contributed by atoms with Gasteiger partial charge in [-0.3, -0.25) is 9.78 Å². The Hall–Kier alpha value is -3.58. The first-order chi connectivity index (χ1) is 28.6. The molecule has 5 rings (SSSR count). The Kier molecular flexibility index (Phi) is 15.4. The summed E-state index contributed by atoms with van der Waals surface area (Å²) in [5, 5.41) is 15.0. The van der Waals surface area contributed by atoms with Crippen LogP contribution in [0.3, 0.4) is 0 Å². The summed E-state index contributed by atoms with van der Waals surface area (Å²) in [5.41, 5.74) is 2.96. The lowest BCUT2D eigenvalue weighted by Gasteiger charge is -2.48. The van der Waals surface area contributed by atoms with Gasteiger partial charge in [-0.1, -0.05) is 34.6 Å². The van der Waals surface area contributed by atoms with Gasteiger partial charge in [0.05, 0.1) is 35.9 Å². The molecule has 0 radical (unpaired) electrons. The summed E-state index contributed by atoms with van der Waals surface area (Å²) in [4.78, 5) is 53.3. The molecule has 0 saturated carbocycles. The number of rotatable bonds is 12. The van der Waals surface area contributed by atoms with Gasteiger partial charge in [0, 0.05) is 68.9 Å². The molecule has 2 unspecified atom stereocenters. The van der Waals surface area contributed by atoms with Crippen molar-refractivity contribution < 1.29 is 47.6 Å². The number of Topliss-reactive ketones (excluding diaryl/α,β-unsaturated/α-hetero) is 1.